The summed E-state index contributed by atoms with van der Waals surface area (Å²) in [5.74, 6) is 0.258. The molecule has 0 spiro atoms. The van der Waals surface area contributed by atoms with E-state index in [1.807, 2.05) is 0 Å². The van der Waals surface area contributed by atoms with Crippen LogP contribution in [0.5, 0.6) is 5.75 Å². The molecule has 5 heteroatoms. The second-order valence-corrected chi connectivity index (χ2v) is 4.44. The Morgan fingerprint density at radius 3 is 2.25 bits per heavy atom. The molecule has 0 aliphatic rings. The molecule has 90 valence electrons. The average molecular weight is 250 g/mol. The number of hydrogen-bond acceptors (Lipinski definition) is 2. The first-order valence-corrected chi connectivity index (χ1v) is 5.98. The van der Waals surface area contributed by atoms with Gasteiger partial charge in [0, 0.05) is 4.90 Å². The van der Waals surface area contributed by atoms with E-state index in [2.05, 4.69) is 0 Å². The molecule has 0 aliphatic carbocycles. The number of hydrogen-bond donors (Lipinski definition) is 0. The molecule has 16 heavy (non-hydrogen) atoms. The van der Waals surface area contributed by atoms with E-state index in [4.69, 9.17) is 4.74 Å². The summed E-state index contributed by atoms with van der Waals surface area (Å²) in [6.45, 7) is 3.55. The van der Waals surface area contributed by atoms with E-state index in [1.54, 1.807) is 26.2 Å². The summed E-state index contributed by atoms with van der Waals surface area (Å²) in [5.41, 5.74) is -0.671. The summed E-state index contributed by atoms with van der Waals surface area (Å²) >= 11 is 1.26. The highest BCUT2D eigenvalue weighted by Crippen LogP contribution is 2.35. The highest BCUT2D eigenvalue weighted by Gasteiger charge is 2.31. The standard InChI is InChI=1S/C11H13F3OS/c1-7(2)15-9-4-8(11(12,13)14)5-10(6-9)16-3/h4-7H,1-3H3. The van der Waals surface area contributed by atoms with Crippen LogP contribution in [0.4, 0.5) is 13.2 Å². The fourth-order valence-electron chi connectivity index (χ4n) is 1.19. The van der Waals surface area contributed by atoms with E-state index in [-0.39, 0.29) is 11.9 Å². The van der Waals surface area contributed by atoms with E-state index in [0.717, 1.165) is 12.1 Å². The maximum atomic E-state index is 12.6. The zero-order valence-electron chi connectivity index (χ0n) is 9.26. The molecule has 0 aliphatic heterocycles. The van der Waals surface area contributed by atoms with Crippen molar-refractivity contribution < 1.29 is 17.9 Å². The summed E-state index contributed by atoms with van der Waals surface area (Å²) in [7, 11) is 0. The number of alkyl halides is 3. The Kier molecular flexibility index (Phi) is 4.13. The van der Waals surface area contributed by atoms with Gasteiger partial charge in [-0.3, -0.25) is 0 Å². The van der Waals surface area contributed by atoms with Crippen LogP contribution in [0.3, 0.4) is 0 Å². The second-order valence-electron chi connectivity index (χ2n) is 3.56. The van der Waals surface area contributed by atoms with Crippen molar-refractivity contribution in [2.24, 2.45) is 0 Å². The van der Waals surface area contributed by atoms with E-state index >= 15 is 0 Å². The largest absolute Gasteiger partial charge is 0.491 e. The van der Waals surface area contributed by atoms with Gasteiger partial charge in [0.25, 0.3) is 0 Å². The van der Waals surface area contributed by atoms with E-state index in [1.165, 1.54) is 11.8 Å². The monoisotopic (exact) mass is 250 g/mol. The summed E-state index contributed by atoms with van der Waals surface area (Å²) in [5, 5.41) is 0. The minimum absolute atomic E-state index is 0.141. The van der Waals surface area contributed by atoms with Crippen molar-refractivity contribution in [3.63, 3.8) is 0 Å². The van der Waals surface area contributed by atoms with Gasteiger partial charge in [-0.15, -0.1) is 11.8 Å². The second kappa shape index (κ2) is 4.99. The molecule has 0 unspecified atom stereocenters. The minimum atomic E-state index is -4.33. The Labute approximate surface area is 97.0 Å². The van der Waals surface area contributed by atoms with Gasteiger partial charge in [-0.25, -0.2) is 0 Å². The van der Waals surface area contributed by atoms with Crippen molar-refractivity contribution in [2.45, 2.75) is 31.0 Å². The van der Waals surface area contributed by atoms with Crippen LogP contribution in [0.15, 0.2) is 23.1 Å². The predicted octanol–water partition coefficient (Wildman–Crippen LogP) is 4.21. The van der Waals surface area contributed by atoms with Crippen LogP contribution in [0.2, 0.25) is 0 Å². The molecule has 0 bridgehead atoms. The molecule has 0 radical (unpaired) electrons. The SMILES string of the molecule is CSc1cc(OC(C)C)cc(C(F)(F)F)c1. The Balaban J connectivity index is 3.11. The van der Waals surface area contributed by atoms with Gasteiger partial charge in [0.2, 0.25) is 0 Å². The normalized spacial score (nSPS) is 11.9. The maximum absolute atomic E-state index is 12.6. The van der Waals surface area contributed by atoms with Crippen molar-refractivity contribution in [1.29, 1.82) is 0 Å². The molecule has 0 aromatic heterocycles. The van der Waals surface area contributed by atoms with Gasteiger partial charge in [-0.05, 0) is 38.3 Å². The molecule has 1 nitrogen and oxygen atoms in total. The van der Waals surface area contributed by atoms with Gasteiger partial charge in [-0.1, -0.05) is 0 Å². The first-order chi connectivity index (χ1) is 7.32. The molecular weight excluding hydrogens is 237 g/mol. The lowest BCUT2D eigenvalue weighted by molar-refractivity contribution is -0.137. The van der Waals surface area contributed by atoms with Gasteiger partial charge < -0.3 is 4.74 Å². The lowest BCUT2D eigenvalue weighted by Crippen LogP contribution is -2.09. The van der Waals surface area contributed by atoms with Gasteiger partial charge in [0.15, 0.2) is 0 Å². The third-order valence-electron chi connectivity index (χ3n) is 1.81. The predicted molar refractivity (Wildman–Crippen MR) is 59.0 cm³/mol. The molecule has 0 fully saturated rings. The summed E-state index contributed by atoms with van der Waals surface area (Å²) in [6.07, 6.45) is -2.74. The third-order valence-corrected chi connectivity index (χ3v) is 2.52. The Morgan fingerprint density at radius 1 is 1.19 bits per heavy atom. The highest BCUT2D eigenvalue weighted by molar-refractivity contribution is 7.98. The van der Waals surface area contributed by atoms with Crippen molar-refractivity contribution in [1.82, 2.24) is 0 Å². The lowest BCUT2D eigenvalue weighted by atomic mass is 10.2. The molecule has 1 rings (SSSR count). The van der Waals surface area contributed by atoms with Crippen molar-refractivity contribution in [3.8, 4) is 5.75 Å². The molecular formula is C11H13F3OS. The lowest BCUT2D eigenvalue weighted by Gasteiger charge is -2.14. The minimum Gasteiger partial charge on any atom is -0.491 e. The molecule has 1 aromatic carbocycles. The smallest absolute Gasteiger partial charge is 0.416 e. The molecule has 0 amide bonds. The average Bonchev–Trinajstić information content (AvgIpc) is 2.14. The number of halogens is 3. The fourth-order valence-corrected chi connectivity index (χ4v) is 1.67. The summed E-state index contributed by atoms with van der Waals surface area (Å²) < 4.78 is 42.9. The highest BCUT2D eigenvalue weighted by atomic mass is 32.2. The van der Waals surface area contributed by atoms with Crippen LogP contribution >= 0.6 is 11.8 Å². The van der Waals surface area contributed by atoms with Crippen molar-refractivity contribution in [3.05, 3.63) is 23.8 Å². The third kappa shape index (κ3) is 3.63. The summed E-state index contributed by atoms with van der Waals surface area (Å²) in [4.78, 5) is 0.547. The van der Waals surface area contributed by atoms with Crippen LogP contribution in [-0.4, -0.2) is 12.4 Å². The van der Waals surface area contributed by atoms with E-state index in [9.17, 15) is 13.2 Å². The molecule has 0 heterocycles. The molecule has 0 saturated heterocycles. The van der Waals surface area contributed by atoms with E-state index in [0.29, 0.717) is 4.90 Å². The first kappa shape index (κ1) is 13.2. The Bertz CT molecular complexity index is 361. The zero-order chi connectivity index (χ0) is 12.3. The van der Waals surface area contributed by atoms with Crippen LogP contribution in [0.25, 0.3) is 0 Å². The first-order valence-electron chi connectivity index (χ1n) is 4.76. The number of thioether (sulfide) groups is 1. The molecule has 0 N–H and O–H groups in total. The van der Waals surface area contributed by atoms with Gasteiger partial charge in [0.05, 0.1) is 11.7 Å². The number of ether oxygens (including phenoxy) is 1. The van der Waals surface area contributed by atoms with Crippen LogP contribution in [0, 0.1) is 0 Å². The number of rotatable bonds is 3. The van der Waals surface area contributed by atoms with Gasteiger partial charge in [-0.2, -0.15) is 13.2 Å². The van der Waals surface area contributed by atoms with E-state index < -0.39 is 11.7 Å². The van der Waals surface area contributed by atoms with Crippen LogP contribution < -0.4 is 4.74 Å². The number of benzene rings is 1. The Hall–Kier alpha value is -0.840. The van der Waals surface area contributed by atoms with Gasteiger partial charge >= 0.3 is 6.18 Å². The van der Waals surface area contributed by atoms with Gasteiger partial charge in [0.1, 0.15) is 5.75 Å². The fraction of sp³-hybridized carbons (Fsp3) is 0.455. The molecule has 0 saturated carbocycles. The van der Waals surface area contributed by atoms with Crippen LogP contribution in [0.1, 0.15) is 19.4 Å². The maximum Gasteiger partial charge on any atom is 0.416 e. The topological polar surface area (TPSA) is 9.23 Å². The molecule has 0 atom stereocenters. The van der Waals surface area contributed by atoms with Crippen molar-refractivity contribution >= 4 is 11.8 Å². The zero-order valence-corrected chi connectivity index (χ0v) is 10.1. The quantitative estimate of drug-likeness (QED) is 0.743. The van der Waals surface area contributed by atoms with Crippen molar-refractivity contribution in [2.75, 3.05) is 6.26 Å². The summed E-state index contributed by atoms with van der Waals surface area (Å²) in [6, 6.07) is 3.76. The van der Waals surface area contributed by atoms with Crippen LogP contribution in [-0.2, 0) is 6.18 Å². The Morgan fingerprint density at radius 2 is 1.81 bits per heavy atom. The molecule has 1 aromatic rings.